The zero-order chi connectivity index (χ0) is 23.3. The molecule has 0 saturated heterocycles. The molecule has 0 unspecified atom stereocenters. The van der Waals surface area contributed by atoms with Gasteiger partial charge in [0.2, 0.25) is 7.28 Å². The molecule has 0 aliphatic carbocycles. The smallest absolute Gasteiger partial charge is 0.239 e. The minimum atomic E-state index is -0.370. The van der Waals surface area contributed by atoms with Crippen molar-refractivity contribution in [2.75, 3.05) is 0 Å². The lowest BCUT2D eigenvalue weighted by atomic mass is 9.65. The van der Waals surface area contributed by atoms with Crippen molar-refractivity contribution in [3.05, 3.63) is 137 Å². The fourth-order valence-electron chi connectivity index (χ4n) is 4.07. The number of imidazole rings is 1. The monoisotopic (exact) mass is 462 g/mol. The topological polar surface area (TPSA) is 17.8 Å². The van der Waals surface area contributed by atoms with Gasteiger partial charge in [-0.2, -0.15) is 0 Å². The van der Waals surface area contributed by atoms with Crippen molar-refractivity contribution in [2.24, 2.45) is 0 Å². The standard InChI is InChI=1S/C29H21BClFN2/c31-26-19-24(32)16-17-27(26)34-28(23-14-8-3-9-15-23)20-33-29(34)30-25(22-12-6-2-7-13-22)18-21-10-4-1-5-11-21/h1-20,30H. The molecule has 5 heteroatoms. The molecule has 5 rings (SSSR count). The SMILES string of the molecule is Fc1ccc(-n2c(-c3ccccc3)cnc2BC(=Cc2ccccc2)c2ccccc2)c(Cl)c1. The van der Waals surface area contributed by atoms with E-state index in [1.165, 1.54) is 12.1 Å². The van der Waals surface area contributed by atoms with Crippen LogP contribution in [-0.2, 0) is 0 Å². The number of nitrogens with zero attached hydrogens (tertiary/aromatic N) is 2. The van der Waals surface area contributed by atoms with Crippen molar-refractivity contribution in [1.29, 1.82) is 0 Å². The van der Waals surface area contributed by atoms with Crippen LogP contribution in [0.15, 0.2) is 115 Å². The summed E-state index contributed by atoms with van der Waals surface area (Å²) in [6, 6.07) is 35.0. The van der Waals surface area contributed by atoms with Crippen LogP contribution < -0.4 is 5.72 Å². The van der Waals surface area contributed by atoms with E-state index < -0.39 is 0 Å². The second-order valence-corrected chi connectivity index (χ2v) is 8.39. The average Bonchev–Trinajstić information content (AvgIpc) is 3.28. The Hall–Kier alpha value is -3.89. The first-order valence-corrected chi connectivity index (χ1v) is 11.5. The molecule has 0 aliphatic rings. The molecule has 0 bridgehead atoms. The van der Waals surface area contributed by atoms with Gasteiger partial charge >= 0.3 is 0 Å². The predicted octanol–water partition coefficient (Wildman–Crippen LogP) is 6.59. The van der Waals surface area contributed by atoms with Crippen LogP contribution in [0.5, 0.6) is 0 Å². The summed E-state index contributed by atoms with van der Waals surface area (Å²) in [6.45, 7) is 0. The molecule has 0 fully saturated rings. The summed E-state index contributed by atoms with van der Waals surface area (Å²) in [7, 11) is 0.569. The van der Waals surface area contributed by atoms with Gasteiger partial charge < -0.3 is 4.57 Å². The van der Waals surface area contributed by atoms with Gasteiger partial charge in [-0.3, -0.25) is 4.98 Å². The predicted molar refractivity (Wildman–Crippen MR) is 142 cm³/mol. The molecule has 1 heterocycles. The lowest BCUT2D eigenvalue weighted by Gasteiger charge is -2.15. The molecule has 0 spiro atoms. The third-order valence-corrected chi connectivity index (χ3v) is 5.99. The third kappa shape index (κ3) is 4.73. The Kier molecular flexibility index (Phi) is 6.41. The van der Waals surface area contributed by atoms with Crippen LogP contribution in [0, 0.1) is 5.82 Å². The molecule has 164 valence electrons. The first-order chi connectivity index (χ1) is 16.7. The van der Waals surface area contributed by atoms with Crippen LogP contribution in [-0.4, -0.2) is 16.8 Å². The molecule has 1 aromatic heterocycles. The van der Waals surface area contributed by atoms with Crippen molar-refractivity contribution in [2.45, 2.75) is 0 Å². The summed E-state index contributed by atoms with van der Waals surface area (Å²) in [6.07, 6.45) is 4.04. The van der Waals surface area contributed by atoms with E-state index in [4.69, 9.17) is 16.6 Å². The second-order valence-electron chi connectivity index (χ2n) is 7.98. The summed E-state index contributed by atoms with van der Waals surface area (Å²) in [5.74, 6) is -0.370. The first kappa shape index (κ1) is 21.9. The maximum Gasteiger partial charge on any atom is 0.239 e. The number of halogens is 2. The largest absolute Gasteiger partial charge is 0.303 e. The van der Waals surface area contributed by atoms with Crippen molar-refractivity contribution < 1.29 is 4.39 Å². The number of hydrogen-bond donors (Lipinski definition) is 0. The highest BCUT2D eigenvalue weighted by Gasteiger charge is 2.19. The molecule has 0 saturated carbocycles. The van der Waals surface area contributed by atoms with Crippen LogP contribution >= 0.6 is 11.6 Å². The van der Waals surface area contributed by atoms with Gasteiger partial charge in [0.15, 0.2) is 0 Å². The number of rotatable bonds is 6. The Morgan fingerprint density at radius 3 is 2.15 bits per heavy atom. The molecule has 0 aliphatic heterocycles. The molecule has 2 nitrogen and oxygen atoms in total. The maximum atomic E-state index is 13.9. The van der Waals surface area contributed by atoms with E-state index in [1.807, 2.05) is 77.5 Å². The van der Waals surface area contributed by atoms with E-state index in [1.54, 1.807) is 6.07 Å². The van der Waals surface area contributed by atoms with E-state index in [0.717, 1.165) is 33.6 Å². The normalized spacial score (nSPS) is 11.4. The van der Waals surface area contributed by atoms with E-state index in [2.05, 4.69) is 30.3 Å². The first-order valence-electron chi connectivity index (χ1n) is 11.1. The van der Waals surface area contributed by atoms with Gasteiger partial charge in [0.1, 0.15) is 5.82 Å². The van der Waals surface area contributed by atoms with E-state index in [-0.39, 0.29) is 5.82 Å². The molecule has 34 heavy (non-hydrogen) atoms. The average molecular weight is 463 g/mol. The fraction of sp³-hybridized carbons (Fsp3) is 0. The molecule has 0 atom stereocenters. The summed E-state index contributed by atoms with van der Waals surface area (Å²) < 4.78 is 15.9. The second kappa shape index (κ2) is 9.94. The Morgan fingerprint density at radius 1 is 0.824 bits per heavy atom. The highest BCUT2D eigenvalue weighted by molar-refractivity contribution is 6.73. The van der Waals surface area contributed by atoms with Crippen LogP contribution in [0.1, 0.15) is 11.1 Å². The molecule has 0 amide bonds. The van der Waals surface area contributed by atoms with Gasteiger partial charge in [-0.15, -0.1) is 0 Å². The van der Waals surface area contributed by atoms with Crippen molar-refractivity contribution in [3.63, 3.8) is 0 Å². The van der Waals surface area contributed by atoms with Gasteiger partial charge in [0.05, 0.1) is 28.3 Å². The number of hydrogen-bond acceptors (Lipinski definition) is 1. The summed E-state index contributed by atoms with van der Waals surface area (Å²) in [5.41, 5.74) is 6.78. The minimum absolute atomic E-state index is 0.338. The van der Waals surface area contributed by atoms with Gasteiger partial charge in [0.25, 0.3) is 0 Å². The third-order valence-electron chi connectivity index (χ3n) is 5.69. The van der Waals surface area contributed by atoms with Gasteiger partial charge in [-0.25, -0.2) is 4.39 Å². The van der Waals surface area contributed by atoms with Crippen molar-refractivity contribution in [1.82, 2.24) is 9.55 Å². The zero-order valence-corrected chi connectivity index (χ0v) is 19.2. The fourth-order valence-corrected chi connectivity index (χ4v) is 4.32. The van der Waals surface area contributed by atoms with Crippen LogP contribution in [0.4, 0.5) is 4.39 Å². The van der Waals surface area contributed by atoms with Gasteiger partial charge in [-0.1, -0.05) is 114 Å². The molecule has 0 radical (unpaired) electrons. The quantitative estimate of drug-likeness (QED) is 0.205. The lowest BCUT2D eigenvalue weighted by Crippen LogP contribution is -2.27. The molecule has 0 N–H and O–H groups in total. The van der Waals surface area contributed by atoms with E-state index in [0.29, 0.717) is 18.0 Å². The molecular weight excluding hydrogens is 442 g/mol. The zero-order valence-electron chi connectivity index (χ0n) is 18.4. The Balaban J connectivity index is 1.67. The molecule has 4 aromatic carbocycles. The van der Waals surface area contributed by atoms with E-state index in [9.17, 15) is 4.39 Å². The number of aromatic nitrogens is 2. The molecule has 5 aromatic rings. The molecular formula is C29H21BClFN2. The van der Waals surface area contributed by atoms with E-state index >= 15 is 0 Å². The van der Waals surface area contributed by atoms with Crippen molar-refractivity contribution in [3.8, 4) is 16.9 Å². The van der Waals surface area contributed by atoms with Crippen LogP contribution in [0.3, 0.4) is 0 Å². The Labute approximate surface area is 204 Å². The number of benzene rings is 4. The summed E-state index contributed by atoms with van der Waals surface area (Å²) in [4.78, 5) is 4.81. The Bertz CT molecular complexity index is 1430. The summed E-state index contributed by atoms with van der Waals surface area (Å²) >= 11 is 6.53. The highest BCUT2D eigenvalue weighted by Crippen LogP contribution is 2.28. The minimum Gasteiger partial charge on any atom is -0.303 e. The van der Waals surface area contributed by atoms with Crippen molar-refractivity contribution >= 4 is 36.2 Å². The maximum absolute atomic E-state index is 13.9. The van der Waals surface area contributed by atoms with Gasteiger partial charge in [0, 0.05) is 5.56 Å². The van der Waals surface area contributed by atoms with Crippen LogP contribution in [0.25, 0.3) is 28.5 Å². The Morgan fingerprint density at radius 2 is 1.47 bits per heavy atom. The highest BCUT2D eigenvalue weighted by atomic mass is 35.5. The summed E-state index contributed by atoms with van der Waals surface area (Å²) in [5, 5.41) is 0.338. The van der Waals surface area contributed by atoms with Gasteiger partial charge in [-0.05, 0) is 29.3 Å². The van der Waals surface area contributed by atoms with Crippen LogP contribution in [0.2, 0.25) is 5.02 Å². The lowest BCUT2D eigenvalue weighted by molar-refractivity contribution is 0.627.